The van der Waals surface area contributed by atoms with Crippen molar-refractivity contribution in [2.45, 2.75) is 12.5 Å². The van der Waals surface area contributed by atoms with Crippen LogP contribution in [0.25, 0.3) is 0 Å². The van der Waals surface area contributed by atoms with E-state index < -0.39 is 12.0 Å². The standard InChI is InChI=1S/C7H11NO2/c1-5-3-4-8(2)6(5)7(9)10/h6H,1,3-4H2,2H3,(H,9,10). The number of rotatable bonds is 1. The van der Waals surface area contributed by atoms with Crippen LogP contribution < -0.4 is 0 Å². The van der Waals surface area contributed by atoms with Gasteiger partial charge in [0, 0.05) is 6.54 Å². The number of nitrogens with zero attached hydrogens (tertiary/aromatic N) is 1. The first-order valence-corrected chi connectivity index (χ1v) is 3.23. The molecule has 1 rings (SSSR count). The van der Waals surface area contributed by atoms with Gasteiger partial charge in [0.2, 0.25) is 0 Å². The van der Waals surface area contributed by atoms with Crippen LogP contribution in [0.1, 0.15) is 6.42 Å². The number of aliphatic carboxylic acids is 1. The lowest BCUT2D eigenvalue weighted by atomic mass is 10.1. The van der Waals surface area contributed by atoms with Crippen LogP contribution in [0.3, 0.4) is 0 Å². The highest BCUT2D eigenvalue weighted by Crippen LogP contribution is 2.19. The van der Waals surface area contributed by atoms with E-state index in [2.05, 4.69) is 6.58 Å². The van der Waals surface area contributed by atoms with Crippen LogP contribution >= 0.6 is 0 Å². The number of carboxylic acid groups (broad SMARTS) is 1. The Morgan fingerprint density at radius 1 is 1.90 bits per heavy atom. The van der Waals surface area contributed by atoms with Crippen LogP contribution in [-0.2, 0) is 4.79 Å². The number of hydrogen-bond acceptors (Lipinski definition) is 2. The van der Waals surface area contributed by atoms with Crippen molar-refractivity contribution in [3.05, 3.63) is 12.2 Å². The van der Waals surface area contributed by atoms with Crippen molar-refractivity contribution in [3.63, 3.8) is 0 Å². The quantitative estimate of drug-likeness (QED) is 0.535. The monoisotopic (exact) mass is 141 g/mol. The van der Waals surface area contributed by atoms with Gasteiger partial charge in [-0.15, -0.1) is 0 Å². The van der Waals surface area contributed by atoms with Gasteiger partial charge in [0.25, 0.3) is 0 Å². The fraction of sp³-hybridized carbons (Fsp3) is 0.571. The van der Waals surface area contributed by atoms with Gasteiger partial charge < -0.3 is 5.11 Å². The van der Waals surface area contributed by atoms with Crippen molar-refractivity contribution in [1.82, 2.24) is 4.90 Å². The van der Waals surface area contributed by atoms with Crippen molar-refractivity contribution in [1.29, 1.82) is 0 Å². The van der Waals surface area contributed by atoms with E-state index in [0.717, 1.165) is 18.5 Å². The molecule has 0 amide bonds. The highest BCUT2D eigenvalue weighted by atomic mass is 16.4. The fourth-order valence-corrected chi connectivity index (χ4v) is 1.26. The fourth-order valence-electron chi connectivity index (χ4n) is 1.26. The Kier molecular flexibility index (Phi) is 1.76. The Bertz CT molecular complexity index is 176. The van der Waals surface area contributed by atoms with Gasteiger partial charge in [-0.1, -0.05) is 6.58 Å². The van der Waals surface area contributed by atoms with Crippen LogP contribution in [0.5, 0.6) is 0 Å². The summed E-state index contributed by atoms with van der Waals surface area (Å²) < 4.78 is 0. The molecule has 0 spiro atoms. The third-order valence-corrected chi connectivity index (χ3v) is 1.85. The molecule has 3 heteroatoms. The second-order valence-electron chi connectivity index (χ2n) is 2.63. The van der Waals surface area contributed by atoms with E-state index in [0.29, 0.717) is 0 Å². The summed E-state index contributed by atoms with van der Waals surface area (Å²) in [6.45, 7) is 4.50. The van der Waals surface area contributed by atoms with Gasteiger partial charge in [-0.25, -0.2) is 0 Å². The maximum Gasteiger partial charge on any atom is 0.325 e. The Morgan fingerprint density at radius 2 is 2.50 bits per heavy atom. The number of carbonyl (C=O) groups is 1. The minimum atomic E-state index is -0.787. The third-order valence-electron chi connectivity index (χ3n) is 1.85. The summed E-state index contributed by atoms with van der Waals surface area (Å²) in [5.74, 6) is -0.787. The molecule has 1 heterocycles. The van der Waals surface area contributed by atoms with Crippen molar-refractivity contribution in [2.75, 3.05) is 13.6 Å². The highest BCUT2D eigenvalue weighted by Gasteiger charge is 2.30. The highest BCUT2D eigenvalue weighted by molar-refractivity contribution is 5.77. The van der Waals surface area contributed by atoms with Gasteiger partial charge in [0.15, 0.2) is 0 Å². The van der Waals surface area contributed by atoms with Gasteiger partial charge in [0.1, 0.15) is 6.04 Å². The predicted octanol–water partition coefficient (Wildman–Crippen LogP) is 0.331. The summed E-state index contributed by atoms with van der Waals surface area (Å²) in [5, 5.41) is 8.65. The topological polar surface area (TPSA) is 40.5 Å². The van der Waals surface area contributed by atoms with E-state index in [-0.39, 0.29) is 0 Å². The Morgan fingerprint density at radius 3 is 2.70 bits per heavy atom. The van der Waals surface area contributed by atoms with E-state index in [4.69, 9.17) is 5.11 Å². The van der Waals surface area contributed by atoms with Crippen LogP contribution in [0.15, 0.2) is 12.2 Å². The molecule has 1 atom stereocenters. The summed E-state index contributed by atoms with van der Waals surface area (Å²) in [7, 11) is 1.80. The van der Waals surface area contributed by atoms with E-state index >= 15 is 0 Å². The molecule has 0 aliphatic carbocycles. The minimum absolute atomic E-state index is 0.444. The average Bonchev–Trinajstić information content (AvgIpc) is 2.11. The van der Waals surface area contributed by atoms with Crippen molar-refractivity contribution in [2.24, 2.45) is 0 Å². The lowest BCUT2D eigenvalue weighted by Crippen LogP contribution is -2.33. The van der Waals surface area contributed by atoms with Crippen molar-refractivity contribution >= 4 is 5.97 Å². The number of hydrogen-bond donors (Lipinski definition) is 1. The lowest BCUT2D eigenvalue weighted by Gasteiger charge is -2.14. The molecule has 1 fully saturated rings. The number of likely N-dealkylation sites (N-methyl/N-ethyl adjacent to an activating group) is 1. The lowest BCUT2D eigenvalue weighted by molar-refractivity contribution is -0.140. The van der Waals surface area contributed by atoms with Crippen LogP contribution in [0.2, 0.25) is 0 Å². The Hall–Kier alpha value is -0.830. The minimum Gasteiger partial charge on any atom is -0.480 e. The maximum absolute atomic E-state index is 10.5. The first-order valence-electron chi connectivity index (χ1n) is 3.23. The van der Waals surface area contributed by atoms with E-state index in [9.17, 15) is 4.79 Å². The molecule has 0 saturated carbocycles. The van der Waals surface area contributed by atoms with Crippen LogP contribution in [0, 0.1) is 0 Å². The second kappa shape index (κ2) is 2.42. The number of likely N-dealkylation sites (tertiary alicyclic amines) is 1. The molecule has 1 N–H and O–H groups in total. The summed E-state index contributed by atoms with van der Waals surface area (Å²) in [6.07, 6.45) is 0.813. The molecule has 0 aromatic heterocycles. The van der Waals surface area contributed by atoms with Crippen molar-refractivity contribution in [3.8, 4) is 0 Å². The van der Waals surface area contributed by atoms with Gasteiger partial charge in [-0.3, -0.25) is 9.69 Å². The predicted molar refractivity (Wildman–Crippen MR) is 37.8 cm³/mol. The normalized spacial score (nSPS) is 27.3. The molecule has 1 unspecified atom stereocenters. The van der Waals surface area contributed by atoms with E-state index in [1.54, 1.807) is 11.9 Å². The second-order valence-corrected chi connectivity index (χ2v) is 2.63. The summed E-state index contributed by atoms with van der Waals surface area (Å²) in [5.41, 5.74) is 0.815. The molecule has 0 bridgehead atoms. The molecule has 3 nitrogen and oxygen atoms in total. The average molecular weight is 141 g/mol. The molecule has 10 heavy (non-hydrogen) atoms. The first kappa shape index (κ1) is 7.28. The molecular weight excluding hydrogens is 130 g/mol. The van der Waals surface area contributed by atoms with Crippen LogP contribution in [0.4, 0.5) is 0 Å². The zero-order valence-corrected chi connectivity index (χ0v) is 6.00. The molecular formula is C7H11NO2. The summed E-state index contributed by atoms with van der Waals surface area (Å²) >= 11 is 0. The van der Waals surface area contributed by atoms with Crippen molar-refractivity contribution < 1.29 is 9.90 Å². The zero-order chi connectivity index (χ0) is 7.72. The number of carboxylic acids is 1. The van der Waals surface area contributed by atoms with Gasteiger partial charge in [-0.2, -0.15) is 0 Å². The smallest absolute Gasteiger partial charge is 0.325 e. The SMILES string of the molecule is C=C1CCN(C)C1C(=O)O. The van der Waals surface area contributed by atoms with Gasteiger partial charge in [-0.05, 0) is 19.0 Å². The molecule has 1 aliphatic rings. The molecule has 56 valence electrons. The van der Waals surface area contributed by atoms with E-state index in [1.165, 1.54) is 0 Å². The van der Waals surface area contributed by atoms with Crippen LogP contribution in [-0.4, -0.2) is 35.6 Å². The third kappa shape index (κ3) is 1.04. The van der Waals surface area contributed by atoms with E-state index in [1.807, 2.05) is 0 Å². The molecule has 0 aromatic carbocycles. The maximum atomic E-state index is 10.5. The summed E-state index contributed by atoms with van der Waals surface area (Å²) in [6, 6.07) is -0.444. The molecule has 1 aliphatic heterocycles. The summed E-state index contributed by atoms with van der Waals surface area (Å²) in [4.78, 5) is 12.3. The molecule has 0 aromatic rings. The Balaban J connectivity index is 2.72. The van der Waals surface area contributed by atoms with Gasteiger partial charge >= 0.3 is 5.97 Å². The molecule has 1 saturated heterocycles. The molecule has 0 radical (unpaired) electrons. The first-order chi connectivity index (χ1) is 4.63. The zero-order valence-electron chi connectivity index (χ0n) is 6.00. The largest absolute Gasteiger partial charge is 0.480 e. The Labute approximate surface area is 59.9 Å². The van der Waals surface area contributed by atoms with Gasteiger partial charge in [0.05, 0.1) is 0 Å².